The molecule has 0 saturated carbocycles. The molecule has 11 heteroatoms. The van der Waals surface area contributed by atoms with E-state index in [2.05, 4.69) is 0 Å². The molecule has 176 valence electrons. The van der Waals surface area contributed by atoms with E-state index in [0.717, 1.165) is 6.07 Å². The number of phenolic OH excluding ortho intramolecular Hbond substituents is 2. The maximum absolute atomic E-state index is 12.8. The summed E-state index contributed by atoms with van der Waals surface area (Å²) in [6.07, 6.45) is -7.69. The van der Waals surface area contributed by atoms with Gasteiger partial charge in [-0.3, -0.25) is 4.79 Å². The van der Waals surface area contributed by atoms with E-state index in [1.807, 2.05) is 0 Å². The molecule has 1 aliphatic rings. The van der Waals surface area contributed by atoms with Crippen molar-refractivity contribution in [2.75, 3.05) is 6.61 Å². The second kappa shape index (κ2) is 8.54. The number of phenols is 2. The minimum absolute atomic E-state index is 0.0367. The first-order valence-corrected chi connectivity index (χ1v) is 9.93. The van der Waals surface area contributed by atoms with Gasteiger partial charge < -0.3 is 49.6 Å². The topological polar surface area (TPSA) is 190 Å². The molecule has 7 N–H and O–H groups in total. The molecule has 0 bridgehead atoms. The molecule has 11 nitrogen and oxygen atoms in total. The average molecular weight is 462 g/mol. The fourth-order valence-corrected chi connectivity index (χ4v) is 3.66. The number of rotatable bonds is 4. The van der Waals surface area contributed by atoms with Crippen LogP contribution in [0, 0.1) is 6.92 Å². The predicted octanol–water partition coefficient (Wildman–Crippen LogP) is 0.0639. The lowest BCUT2D eigenvalue weighted by molar-refractivity contribution is -0.277. The van der Waals surface area contributed by atoms with Crippen molar-refractivity contribution in [3.63, 3.8) is 0 Å². The summed E-state index contributed by atoms with van der Waals surface area (Å²) in [4.78, 5) is 12.8. The van der Waals surface area contributed by atoms with Gasteiger partial charge in [-0.1, -0.05) is 0 Å². The van der Waals surface area contributed by atoms with E-state index in [9.17, 15) is 40.5 Å². The van der Waals surface area contributed by atoms with Crippen LogP contribution < -0.4 is 10.2 Å². The number of aliphatic hydroxyl groups excluding tert-OH is 4. The lowest BCUT2D eigenvalue weighted by Gasteiger charge is -2.39. The molecular formula is C22H22O11. The zero-order valence-electron chi connectivity index (χ0n) is 17.2. The maximum Gasteiger partial charge on any atom is 0.238 e. The van der Waals surface area contributed by atoms with Crippen LogP contribution in [0.3, 0.4) is 0 Å². The van der Waals surface area contributed by atoms with Crippen molar-refractivity contribution in [3.8, 4) is 34.3 Å². The Kier molecular flexibility index (Phi) is 5.91. The number of benzene rings is 2. The smallest absolute Gasteiger partial charge is 0.238 e. The van der Waals surface area contributed by atoms with Gasteiger partial charge in [-0.15, -0.1) is 0 Å². The molecule has 4 rings (SSSR count). The highest BCUT2D eigenvalue weighted by Gasteiger charge is 2.45. The van der Waals surface area contributed by atoms with E-state index in [1.54, 1.807) is 0 Å². The van der Waals surface area contributed by atoms with E-state index < -0.39 is 54.2 Å². The average Bonchev–Trinajstić information content (AvgIpc) is 2.79. The summed E-state index contributed by atoms with van der Waals surface area (Å²) >= 11 is 0. The van der Waals surface area contributed by atoms with Crippen LogP contribution in [0.2, 0.25) is 0 Å². The number of aliphatic hydroxyl groups is 4. The Morgan fingerprint density at radius 2 is 1.67 bits per heavy atom. The molecule has 2 aromatic carbocycles. The first-order chi connectivity index (χ1) is 15.6. The highest BCUT2D eigenvalue weighted by atomic mass is 16.7. The van der Waals surface area contributed by atoms with Gasteiger partial charge in [0.25, 0.3) is 0 Å². The summed E-state index contributed by atoms with van der Waals surface area (Å²) in [5.74, 6) is -1.66. The molecular weight excluding hydrogens is 440 g/mol. The number of hydrogen-bond acceptors (Lipinski definition) is 11. The second-order valence-electron chi connectivity index (χ2n) is 7.69. The fourth-order valence-electron chi connectivity index (χ4n) is 3.66. The third-order valence-electron chi connectivity index (χ3n) is 5.54. The van der Waals surface area contributed by atoms with Crippen molar-refractivity contribution in [2.24, 2.45) is 0 Å². The van der Waals surface area contributed by atoms with Crippen LogP contribution in [-0.4, -0.2) is 73.1 Å². The van der Waals surface area contributed by atoms with Crippen molar-refractivity contribution in [2.45, 2.75) is 37.6 Å². The monoisotopic (exact) mass is 462 g/mol. The molecule has 0 unspecified atom stereocenters. The summed E-state index contributed by atoms with van der Waals surface area (Å²) < 4.78 is 16.7. The van der Waals surface area contributed by atoms with Gasteiger partial charge in [-0.2, -0.15) is 0 Å². The van der Waals surface area contributed by atoms with Crippen molar-refractivity contribution in [3.05, 3.63) is 46.1 Å². The van der Waals surface area contributed by atoms with E-state index in [1.165, 1.54) is 31.2 Å². The normalized spacial score (nSPS) is 25.3. The van der Waals surface area contributed by atoms with Gasteiger partial charge in [0.15, 0.2) is 5.76 Å². The lowest BCUT2D eigenvalue weighted by atomic mass is 9.99. The summed E-state index contributed by atoms with van der Waals surface area (Å²) in [5, 5.41) is 69.4. The highest BCUT2D eigenvalue weighted by molar-refractivity contribution is 5.90. The van der Waals surface area contributed by atoms with Crippen molar-refractivity contribution < 1.29 is 49.6 Å². The van der Waals surface area contributed by atoms with Crippen LogP contribution >= 0.6 is 0 Å². The lowest BCUT2D eigenvalue weighted by Crippen LogP contribution is -2.60. The minimum Gasteiger partial charge on any atom is -0.508 e. The van der Waals surface area contributed by atoms with Gasteiger partial charge in [0, 0.05) is 17.2 Å². The molecule has 1 aliphatic heterocycles. The van der Waals surface area contributed by atoms with Gasteiger partial charge in [-0.05, 0) is 31.2 Å². The van der Waals surface area contributed by atoms with Crippen LogP contribution in [0.15, 0.2) is 39.5 Å². The van der Waals surface area contributed by atoms with Gasteiger partial charge >= 0.3 is 0 Å². The van der Waals surface area contributed by atoms with Crippen LogP contribution in [-0.2, 0) is 4.74 Å². The summed E-state index contributed by atoms with van der Waals surface area (Å²) in [6.45, 7) is 0.832. The third-order valence-corrected chi connectivity index (χ3v) is 5.54. The largest absolute Gasteiger partial charge is 0.508 e. The SMILES string of the molecule is Cc1c(O[C@H]2O[C@@H](CO)[C@H](O)[C@H](O)[C@@H]2O)cc(O)c2c(=O)c(O)c(-c3ccc(O)cc3)oc12. The van der Waals surface area contributed by atoms with Crippen molar-refractivity contribution >= 4 is 11.0 Å². The molecule has 1 saturated heterocycles. The molecule has 5 atom stereocenters. The Hall–Kier alpha value is -3.35. The maximum atomic E-state index is 12.8. The molecule has 0 amide bonds. The zero-order chi connectivity index (χ0) is 24.0. The molecule has 1 aromatic heterocycles. The van der Waals surface area contributed by atoms with Crippen LogP contribution in [0.25, 0.3) is 22.3 Å². The van der Waals surface area contributed by atoms with Crippen molar-refractivity contribution in [1.82, 2.24) is 0 Å². The first-order valence-electron chi connectivity index (χ1n) is 9.93. The molecule has 0 aliphatic carbocycles. The van der Waals surface area contributed by atoms with E-state index in [0.29, 0.717) is 0 Å². The number of hydrogen-bond donors (Lipinski definition) is 7. The summed E-state index contributed by atoms with van der Waals surface area (Å²) in [7, 11) is 0. The molecule has 2 heterocycles. The molecule has 33 heavy (non-hydrogen) atoms. The van der Waals surface area contributed by atoms with E-state index in [-0.39, 0.29) is 39.4 Å². The highest BCUT2D eigenvalue weighted by Crippen LogP contribution is 2.39. The van der Waals surface area contributed by atoms with Crippen LogP contribution in [0.1, 0.15) is 5.56 Å². The van der Waals surface area contributed by atoms with Gasteiger partial charge in [0.2, 0.25) is 17.5 Å². The minimum atomic E-state index is -1.69. The van der Waals surface area contributed by atoms with Crippen LogP contribution in [0.5, 0.6) is 23.0 Å². The Labute approximate surface area is 185 Å². The molecule has 1 fully saturated rings. The number of aryl methyl sites for hydroxylation is 1. The van der Waals surface area contributed by atoms with Gasteiger partial charge in [0.05, 0.1) is 6.61 Å². The Bertz CT molecular complexity index is 1230. The third kappa shape index (κ3) is 3.86. The van der Waals surface area contributed by atoms with E-state index in [4.69, 9.17) is 13.9 Å². The summed E-state index contributed by atoms with van der Waals surface area (Å²) in [6, 6.07) is 6.56. The Morgan fingerprint density at radius 3 is 2.30 bits per heavy atom. The fraction of sp³-hybridized carbons (Fsp3) is 0.318. The molecule has 0 spiro atoms. The quantitative estimate of drug-likeness (QED) is 0.278. The zero-order valence-corrected chi connectivity index (χ0v) is 17.2. The number of aromatic hydroxyl groups is 3. The van der Waals surface area contributed by atoms with Gasteiger partial charge in [0.1, 0.15) is 52.6 Å². The second-order valence-corrected chi connectivity index (χ2v) is 7.69. The predicted molar refractivity (Wildman–Crippen MR) is 112 cm³/mol. The van der Waals surface area contributed by atoms with Gasteiger partial charge in [-0.25, -0.2) is 0 Å². The van der Waals surface area contributed by atoms with E-state index >= 15 is 0 Å². The molecule has 3 aromatic rings. The summed E-state index contributed by atoms with van der Waals surface area (Å²) in [5.41, 5.74) is -0.555. The number of ether oxygens (including phenoxy) is 2. The Morgan fingerprint density at radius 1 is 1.00 bits per heavy atom. The molecule has 0 radical (unpaired) electrons. The Balaban J connectivity index is 1.81. The first kappa shape index (κ1) is 22.8. The standard InChI is InChI=1S/C22H22O11/c1-8-12(31-22-19(30)17(28)15(26)13(7-23)32-22)6-11(25)14-16(27)18(29)21(33-20(8)14)9-2-4-10(24)5-3-9/h2-6,13,15,17,19,22-26,28-30H,7H2,1H3/t13-,15-,17-,19-,22-/m0/s1. The van der Waals surface area contributed by atoms with Crippen LogP contribution in [0.4, 0.5) is 0 Å². The number of fused-ring (bicyclic) bond motifs is 1. The van der Waals surface area contributed by atoms with Crippen molar-refractivity contribution in [1.29, 1.82) is 0 Å².